The fourth-order valence-electron chi connectivity index (χ4n) is 2.46. The van der Waals surface area contributed by atoms with Crippen molar-refractivity contribution >= 4 is 0 Å². The lowest BCUT2D eigenvalue weighted by atomic mass is 10.1. The zero-order valence-electron chi connectivity index (χ0n) is 11.3. The topological polar surface area (TPSA) is 58.9 Å². The predicted octanol–water partition coefficient (Wildman–Crippen LogP) is 2.26. The van der Waals surface area contributed by atoms with Crippen molar-refractivity contribution < 1.29 is 19.7 Å². The highest BCUT2D eigenvalue weighted by atomic mass is 16.5. The van der Waals surface area contributed by atoms with Crippen molar-refractivity contribution in [3.63, 3.8) is 0 Å². The Bertz CT molecular complexity index is 405. The summed E-state index contributed by atoms with van der Waals surface area (Å²) in [7, 11) is 1.60. The van der Waals surface area contributed by atoms with Crippen LogP contribution in [0.4, 0.5) is 0 Å². The average Bonchev–Trinajstić information content (AvgIpc) is 2.64. The van der Waals surface area contributed by atoms with Gasteiger partial charge in [-0.15, -0.1) is 0 Å². The van der Waals surface area contributed by atoms with Crippen molar-refractivity contribution in [1.29, 1.82) is 0 Å². The zero-order chi connectivity index (χ0) is 13.7. The highest BCUT2D eigenvalue weighted by Crippen LogP contribution is 2.29. The molecule has 1 fully saturated rings. The van der Waals surface area contributed by atoms with Crippen LogP contribution in [0, 0.1) is 0 Å². The molecule has 0 spiro atoms. The number of ether oxygens (including phenoxy) is 2. The summed E-state index contributed by atoms with van der Waals surface area (Å²) in [5.41, 5.74) is 0.720. The van der Waals surface area contributed by atoms with Crippen LogP contribution in [0.25, 0.3) is 0 Å². The monoisotopic (exact) mass is 266 g/mol. The van der Waals surface area contributed by atoms with Crippen LogP contribution in [-0.2, 0) is 6.61 Å². The third kappa shape index (κ3) is 3.61. The predicted molar refractivity (Wildman–Crippen MR) is 72.4 cm³/mol. The standard InChI is InChI=1S/C15H22O4/c1-18-12-8-7-11(10-16)15(9-12)19-14-6-4-2-3-5-13(14)17/h7-9,13-14,16-17H,2-6,10H2,1H3. The quantitative estimate of drug-likeness (QED) is 0.821. The van der Waals surface area contributed by atoms with Gasteiger partial charge in [0.05, 0.1) is 19.8 Å². The molecule has 0 radical (unpaired) electrons. The third-order valence-electron chi connectivity index (χ3n) is 3.64. The zero-order valence-corrected chi connectivity index (χ0v) is 11.3. The third-order valence-corrected chi connectivity index (χ3v) is 3.64. The van der Waals surface area contributed by atoms with Gasteiger partial charge in [-0.3, -0.25) is 0 Å². The fraction of sp³-hybridized carbons (Fsp3) is 0.600. The molecule has 0 aromatic heterocycles. The van der Waals surface area contributed by atoms with Gasteiger partial charge >= 0.3 is 0 Å². The first-order chi connectivity index (χ1) is 9.24. The smallest absolute Gasteiger partial charge is 0.129 e. The summed E-state index contributed by atoms with van der Waals surface area (Å²) in [6, 6.07) is 5.35. The van der Waals surface area contributed by atoms with Crippen LogP contribution in [0.15, 0.2) is 18.2 Å². The Balaban J connectivity index is 2.15. The summed E-state index contributed by atoms with van der Waals surface area (Å²) in [4.78, 5) is 0. The van der Waals surface area contributed by atoms with Crippen molar-refractivity contribution in [1.82, 2.24) is 0 Å². The van der Waals surface area contributed by atoms with Crippen LogP contribution >= 0.6 is 0 Å². The molecular formula is C15H22O4. The molecule has 2 atom stereocenters. The first-order valence-electron chi connectivity index (χ1n) is 6.87. The van der Waals surface area contributed by atoms with Crippen LogP contribution in [0.3, 0.4) is 0 Å². The summed E-state index contributed by atoms with van der Waals surface area (Å²) in [6.07, 6.45) is 4.26. The van der Waals surface area contributed by atoms with Gasteiger partial charge in [0.2, 0.25) is 0 Å². The molecular weight excluding hydrogens is 244 g/mol. The van der Waals surface area contributed by atoms with E-state index in [4.69, 9.17) is 9.47 Å². The minimum absolute atomic E-state index is 0.0812. The van der Waals surface area contributed by atoms with Crippen LogP contribution in [0.2, 0.25) is 0 Å². The summed E-state index contributed by atoms with van der Waals surface area (Å²) in [5.74, 6) is 1.29. The molecule has 1 aliphatic carbocycles. The Kier molecular flexibility index (Phi) is 5.05. The van der Waals surface area contributed by atoms with Gasteiger partial charge in [0.25, 0.3) is 0 Å². The highest BCUT2D eigenvalue weighted by molar-refractivity contribution is 5.40. The van der Waals surface area contributed by atoms with Gasteiger partial charge in [0.15, 0.2) is 0 Å². The summed E-state index contributed by atoms with van der Waals surface area (Å²) < 4.78 is 11.1. The van der Waals surface area contributed by atoms with E-state index >= 15 is 0 Å². The minimum atomic E-state index is -0.430. The molecule has 1 aliphatic rings. The molecule has 106 valence electrons. The van der Waals surface area contributed by atoms with E-state index in [2.05, 4.69) is 0 Å². The van der Waals surface area contributed by atoms with E-state index in [1.807, 2.05) is 0 Å². The molecule has 2 unspecified atom stereocenters. The van der Waals surface area contributed by atoms with Gasteiger partial charge in [0.1, 0.15) is 17.6 Å². The van der Waals surface area contributed by atoms with E-state index in [1.165, 1.54) is 0 Å². The van der Waals surface area contributed by atoms with Crippen LogP contribution < -0.4 is 9.47 Å². The molecule has 2 rings (SSSR count). The average molecular weight is 266 g/mol. The van der Waals surface area contributed by atoms with E-state index in [0.29, 0.717) is 11.5 Å². The SMILES string of the molecule is COc1ccc(CO)c(OC2CCCCCC2O)c1. The molecule has 19 heavy (non-hydrogen) atoms. The molecule has 0 saturated heterocycles. The van der Waals surface area contributed by atoms with Gasteiger partial charge in [-0.25, -0.2) is 0 Å². The van der Waals surface area contributed by atoms with E-state index in [1.54, 1.807) is 25.3 Å². The molecule has 4 heteroatoms. The molecule has 0 heterocycles. The Labute approximate surface area is 114 Å². The van der Waals surface area contributed by atoms with Crippen LogP contribution in [0.5, 0.6) is 11.5 Å². The number of hydrogen-bond donors (Lipinski definition) is 2. The lowest BCUT2D eigenvalue weighted by Gasteiger charge is -2.23. The molecule has 0 bridgehead atoms. The molecule has 1 aromatic carbocycles. The maximum Gasteiger partial charge on any atom is 0.129 e. The number of benzene rings is 1. The second kappa shape index (κ2) is 6.78. The van der Waals surface area contributed by atoms with E-state index in [-0.39, 0.29) is 12.7 Å². The summed E-state index contributed by atoms with van der Waals surface area (Å²) in [6.45, 7) is -0.0812. The van der Waals surface area contributed by atoms with Gasteiger partial charge in [0, 0.05) is 11.6 Å². The normalized spacial score (nSPS) is 23.7. The van der Waals surface area contributed by atoms with E-state index in [9.17, 15) is 10.2 Å². The first kappa shape index (κ1) is 14.2. The lowest BCUT2D eigenvalue weighted by molar-refractivity contribution is 0.0306. The number of hydrogen-bond acceptors (Lipinski definition) is 4. The van der Waals surface area contributed by atoms with Gasteiger partial charge in [-0.1, -0.05) is 12.8 Å². The van der Waals surface area contributed by atoms with Crippen LogP contribution in [-0.4, -0.2) is 29.5 Å². The molecule has 0 aliphatic heterocycles. The Morgan fingerprint density at radius 3 is 2.74 bits per heavy atom. The molecule has 0 amide bonds. The van der Waals surface area contributed by atoms with E-state index in [0.717, 1.165) is 37.7 Å². The van der Waals surface area contributed by atoms with Gasteiger partial charge < -0.3 is 19.7 Å². The summed E-state index contributed by atoms with van der Waals surface area (Å²) in [5, 5.41) is 19.4. The maximum atomic E-state index is 10.1. The van der Waals surface area contributed by atoms with Gasteiger partial charge in [-0.2, -0.15) is 0 Å². The van der Waals surface area contributed by atoms with Crippen molar-refractivity contribution in [3.05, 3.63) is 23.8 Å². The number of aliphatic hydroxyl groups is 2. The molecule has 1 aromatic rings. The van der Waals surface area contributed by atoms with Crippen LogP contribution in [0.1, 0.15) is 37.7 Å². The Hall–Kier alpha value is -1.26. The molecule has 1 saturated carbocycles. The number of rotatable bonds is 4. The fourth-order valence-corrected chi connectivity index (χ4v) is 2.46. The first-order valence-corrected chi connectivity index (χ1v) is 6.87. The van der Waals surface area contributed by atoms with Crippen molar-refractivity contribution in [2.24, 2.45) is 0 Å². The second-order valence-corrected chi connectivity index (χ2v) is 4.99. The Morgan fingerprint density at radius 1 is 1.21 bits per heavy atom. The van der Waals surface area contributed by atoms with Gasteiger partial charge in [-0.05, 0) is 31.4 Å². The number of aliphatic hydroxyl groups excluding tert-OH is 2. The lowest BCUT2D eigenvalue weighted by Crippen LogP contribution is -2.30. The second-order valence-electron chi connectivity index (χ2n) is 4.99. The number of methoxy groups -OCH3 is 1. The summed E-state index contributed by atoms with van der Waals surface area (Å²) >= 11 is 0. The highest BCUT2D eigenvalue weighted by Gasteiger charge is 2.24. The molecule has 2 N–H and O–H groups in total. The van der Waals surface area contributed by atoms with Crippen molar-refractivity contribution in [3.8, 4) is 11.5 Å². The largest absolute Gasteiger partial charge is 0.497 e. The van der Waals surface area contributed by atoms with Crippen molar-refractivity contribution in [2.75, 3.05) is 7.11 Å². The Morgan fingerprint density at radius 2 is 2.00 bits per heavy atom. The molecule has 4 nitrogen and oxygen atoms in total. The maximum absolute atomic E-state index is 10.1. The van der Waals surface area contributed by atoms with Crippen molar-refractivity contribution in [2.45, 2.75) is 50.9 Å². The van der Waals surface area contributed by atoms with E-state index < -0.39 is 6.10 Å². The minimum Gasteiger partial charge on any atom is -0.497 e.